The van der Waals surface area contributed by atoms with E-state index in [-0.39, 0.29) is 5.91 Å². The van der Waals surface area contributed by atoms with E-state index in [2.05, 4.69) is 27.0 Å². The molecule has 0 radical (unpaired) electrons. The fourth-order valence-electron chi connectivity index (χ4n) is 3.32. The summed E-state index contributed by atoms with van der Waals surface area (Å²) in [5, 5.41) is 2.84. The summed E-state index contributed by atoms with van der Waals surface area (Å²) in [4.78, 5) is 18.9. The van der Waals surface area contributed by atoms with E-state index >= 15 is 0 Å². The summed E-state index contributed by atoms with van der Waals surface area (Å²) in [5.41, 5.74) is 3.83. The largest absolute Gasteiger partial charge is 0.435 e. The molecule has 0 aliphatic carbocycles. The zero-order chi connectivity index (χ0) is 20.8. The second kappa shape index (κ2) is 9.15. The number of pyridine rings is 1. The van der Waals surface area contributed by atoms with Crippen LogP contribution in [-0.2, 0) is 0 Å². The molecular formula is C25H23N3O2. The number of anilines is 2. The van der Waals surface area contributed by atoms with Crippen molar-refractivity contribution in [2.24, 2.45) is 0 Å². The average Bonchev–Trinajstić information content (AvgIpc) is 3.26. The Morgan fingerprint density at radius 1 is 1.07 bits per heavy atom. The Labute approximate surface area is 176 Å². The number of benzene rings is 1. The van der Waals surface area contributed by atoms with Gasteiger partial charge in [-0.25, -0.2) is 4.98 Å². The molecule has 5 nitrogen and oxygen atoms in total. The minimum atomic E-state index is -0.245. The fourth-order valence-corrected chi connectivity index (χ4v) is 3.32. The minimum Gasteiger partial charge on any atom is -0.435 e. The molecule has 3 heterocycles. The van der Waals surface area contributed by atoms with Crippen LogP contribution in [-0.4, -0.2) is 24.0 Å². The zero-order valence-electron chi connectivity index (χ0n) is 16.9. The van der Waals surface area contributed by atoms with Gasteiger partial charge in [-0.3, -0.25) is 4.79 Å². The second-order valence-electron chi connectivity index (χ2n) is 7.18. The van der Waals surface area contributed by atoms with E-state index in [1.807, 2.05) is 67.6 Å². The number of piperidine rings is 1. The Balaban J connectivity index is 1.33. The van der Waals surface area contributed by atoms with Crippen LogP contribution in [0, 0.1) is 18.8 Å². The Kier molecular flexibility index (Phi) is 5.95. The van der Waals surface area contributed by atoms with E-state index < -0.39 is 0 Å². The molecule has 1 amide bonds. The molecule has 1 aromatic carbocycles. The number of aryl methyl sites for hydroxylation is 1. The van der Waals surface area contributed by atoms with Crippen LogP contribution in [0.2, 0.25) is 0 Å². The van der Waals surface area contributed by atoms with Gasteiger partial charge in [-0.15, -0.1) is 0 Å². The highest BCUT2D eigenvalue weighted by Crippen LogP contribution is 2.25. The summed E-state index contributed by atoms with van der Waals surface area (Å²) >= 11 is 0. The monoisotopic (exact) mass is 397 g/mol. The molecular weight excluding hydrogens is 374 g/mol. The molecule has 3 aromatic rings. The van der Waals surface area contributed by atoms with Crippen molar-refractivity contribution in [1.82, 2.24) is 4.98 Å². The van der Waals surface area contributed by atoms with Gasteiger partial charge in [0.05, 0.1) is 0 Å². The molecule has 0 unspecified atom stereocenters. The molecule has 0 bridgehead atoms. The van der Waals surface area contributed by atoms with E-state index in [1.54, 1.807) is 6.07 Å². The Bertz CT molecular complexity index is 1110. The maximum Gasteiger partial charge on any atom is 0.291 e. The Morgan fingerprint density at radius 2 is 1.87 bits per heavy atom. The molecule has 2 aromatic heterocycles. The lowest BCUT2D eigenvalue weighted by molar-refractivity contribution is 0.0997. The van der Waals surface area contributed by atoms with E-state index in [0.29, 0.717) is 5.76 Å². The third kappa shape index (κ3) is 4.98. The van der Waals surface area contributed by atoms with Gasteiger partial charge in [-0.1, -0.05) is 35.8 Å². The van der Waals surface area contributed by atoms with Crippen molar-refractivity contribution in [2.45, 2.75) is 19.8 Å². The maximum atomic E-state index is 12.4. The van der Waals surface area contributed by atoms with Crippen molar-refractivity contribution < 1.29 is 9.21 Å². The van der Waals surface area contributed by atoms with Gasteiger partial charge >= 0.3 is 0 Å². The molecule has 150 valence electrons. The van der Waals surface area contributed by atoms with E-state index in [0.717, 1.165) is 48.9 Å². The summed E-state index contributed by atoms with van der Waals surface area (Å²) in [6.45, 7) is 3.64. The lowest BCUT2D eigenvalue weighted by atomic mass is 10.0. The average molecular weight is 397 g/mol. The van der Waals surface area contributed by atoms with Gasteiger partial charge in [0.2, 0.25) is 0 Å². The number of hydrogen-bond donors (Lipinski definition) is 1. The van der Waals surface area contributed by atoms with Crippen LogP contribution < -0.4 is 10.2 Å². The summed E-state index contributed by atoms with van der Waals surface area (Å²) in [6, 6.07) is 18.8. The number of hydrogen-bond acceptors (Lipinski definition) is 4. The Morgan fingerprint density at radius 3 is 2.63 bits per heavy atom. The number of amides is 1. The van der Waals surface area contributed by atoms with Gasteiger partial charge in [-0.05, 0) is 62.1 Å². The standard InChI is InChI=1S/C25H23N3O2/c1-19-7-5-11-21(26-19)12-6-8-20-15-17-28(18-16-20)24-14-13-23(30-24)25(29)27-22-9-3-2-4-10-22/h2-5,7-11,13-14H,15-18H2,1H3,(H,27,29). The molecule has 30 heavy (non-hydrogen) atoms. The summed E-state index contributed by atoms with van der Waals surface area (Å²) in [7, 11) is 0. The van der Waals surface area contributed by atoms with Gasteiger partial charge in [0, 0.05) is 30.5 Å². The van der Waals surface area contributed by atoms with E-state index in [1.165, 1.54) is 5.57 Å². The van der Waals surface area contributed by atoms with Crippen LogP contribution in [0.3, 0.4) is 0 Å². The number of nitrogens with zero attached hydrogens (tertiary/aromatic N) is 2. The number of aromatic nitrogens is 1. The first-order valence-electron chi connectivity index (χ1n) is 10.0. The predicted molar refractivity (Wildman–Crippen MR) is 118 cm³/mol. The van der Waals surface area contributed by atoms with Gasteiger partial charge in [0.25, 0.3) is 5.91 Å². The number of furan rings is 1. The highest BCUT2D eigenvalue weighted by Gasteiger charge is 2.19. The van der Waals surface area contributed by atoms with Crippen LogP contribution in [0.1, 0.15) is 34.8 Å². The fraction of sp³-hybridized carbons (Fsp3) is 0.200. The number of rotatable bonds is 3. The maximum absolute atomic E-state index is 12.4. The lowest BCUT2D eigenvalue weighted by Gasteiger charge is -2.27. The van der Waals surface area contributed by atoms with Crippen molar-refractivity contribution in [2.75, 3.05) is 23.3 Å². The van der Waals surface area contributed by atoms with Crippen molar-refractivity contribution in [3.05, 3.63) is 89.5 Å². The molecule has 1 N–H and O–H groups in total. The number of nitrogens with one attached hydrogen (secondary N) is 1. The molecule has 1 aliphatic heterocycles. The lowest BCUT2D eigenvalue weighted by Crippen LogP contribution is -2.30. The first kappa shape index (κ1) is 19.5. The summed E-state index contributed by atoms with van der Waals surface area (Å²) in [6.07, 6.45) is 3.84. The number of allylic oxidation sites excluding steroid dienone is 1. The molecule has 1 fully saturated rings. The van der Waals surface area contributed by atoms with Crippen LogP contribution >= 0.6 is 0 Å². The highest BCUT2D eigenvalue weighted by molar-refractivity contribution is 6.02. The van der Waals surface area contributed by atoms with Crippen LogP contribution in [0.4, 0.5) is 11.6 Å². The van der Waals surface area contributed by atoms with Gasteiger partial charge in [0.15, 0.2) is 11.6 Å². The molecule has 0 saturated carbocycles. The van der Waals surface area contributed by atoms with Gasteiger partial charge in [0.1, 0.15) is 5.69 Å². The first-order valence-corrected chi connectivity index (χ1v) is 10.0. The Hall–Kier alpha value is -3.78. The van der Waals surface area contributed by atoms with Crippen LogP contribution in [0.25, 0.3) is 0 Å². The van der Waals surface area contributed by atoms with Crippen molar-refractivity contribution in [3.8, 4) is 11.8 Å². The number of carbonyl (C=O) groups is 1. The van der Waals surface area contributed by atoms with Crippen molar-refractivity contribution in [3.63, 3.8) is 0 Å². The third-order valence-electron chi connectivity index (χ3n) is 4.93. The van der Waals surface area contributed by atoms with Gasteiger partial charge in [-0.2, -0.15) is 0 Å². The van der Waals surface area contributed by atoms with Crippen molar-refractivity contribution >= 4 is 17.5 Å². The van der Waals surface area contributed by atoms with Gasteiger partial charge < -0.3 is 14.6 Å². The number of carbonyl (C=O) groups excluding carboxylic acids is 1. The normalized spacial score (nSPS) is 13.4. The molecule has 1 aliphatic rings. The topological polar surface area (TPSA) is 58.4 Å². The van der Waals surface area contributed by atoms with E-state index in [4.69, 9.17) is 4.42 Å². The molecule has 1 saturated heterocycles. The van der Waals surface area contributed by atoms with Crippen molar-refractivity contribution in [1.29, 1.82) is 0 Å². The van der Waals surface area contributed by atoms with E-state index in [9.17, 15) is 4.79 Å². The summed E-state index contributed by atoms with van der Waals surface area (Å²) < 4.78 is 5.80. The van der Waals surface area contributed by atoms with Crippen LogP contribution in [0.5, 0.6) is 0 Å². The third-order valence-corrected chi connectivity index (χ3v) is 4.93. The zero-order valence-corrected chi connectivity index (χ0v) is 16.9. The van der Waals surface area contributed by atoms with Crippen LogP contribution in [0.15, 0.2) is 76.7 Å². The molecule has 0 spiro atoms. The number of para-hydroxylation sites is 1. The summed E-state index contributed by atoms with van der Waals surface area (Å²) in [5.74, 6) is 7.01. The second-order valence-corrected chi connectivity index (χ2v) is 7.18. The molecule has 5 heteroatoms. The molecule has 4 rings (SSSR count). The first-order chi connectivity index (χ1) is 14.7. The quantitative estimate of drug-likeness (QED) is 0.644. The highest BCUT2D eigenvalue weighted by atomic mass is 16.4. The smallest absolute Gasteiger partial charge is 0.291 e. The minimum absolute atomic E-state index is 0.245. The predicted octanol–water partition coefficient (Wildman–Crippen LogP) is 4.81. The SMILES string of the molecule is Cc1cccc(C#CC=C2CCN(c3ccc(C(=O)Nc4ccccc4)o3)CC2)n1. The molecule has 0 atom stereocenters.